The third kappa shape index (κ3) is 6.47. The van der Waals surface area contributed by atoms with Crippen LogP contribution in [-0.4, -0.2) is 5.66 Å². The van der Waals surface area contributed by atoms with Gasteiger partial charge in [-0.1, -0.05) is 156 Å². The predicted molar refractivity (Wildman–Crippen MR) is 195 cm³/mol. The summed E-state index contributed by atoms with van der Waals surface area (Å²) in [6, 6.07) is 39.2. The summed E-state index contributed by atoms with van der Waals surface area (Å²) in [4.78, 5) is 4.40. The van der Waals surface area contributed by atoms with Gasteiger partial charge in [0.15, 0.2) is 0 Å². The number of hydrogen-bond donors (Lipinski definition) is 1. The maximum absolute atomic E-state index is 8.75. The monoisotopic (exact) mass is 590 g/mol. The second-order valence-electron chi connectivity index (χ2n) is 13.4. The van der Waals surface area contributed by atoms with E-state index in [0.29, 0.717) is 6.42 Å². The first-order valence-corrected chi connectivity index (χ1v) is 17.0. The van der Waals surface area contributed by atoms with E-state index < -0.39 is 5.66 Å². The highest BCUT2D eigenvalue weighted by molar-refractivity contribution is 6.07. The zero-order valence-electron chi connectivity index (χ0n) is 26.9. The van der Waals surface area contributed by atoms with Gasteiger partial charge >= 0.3 is 0 Å². The lowest BCUT2D eigenvalue weighted by molar-refractivity contribution is 0.409. The first-order chi connectivity index (χ1) is 22.0. The van der Waals surface area contributed by atoms with Gasteiger partial charge in [0.05, 0.1) is 0 Å². The molecule has 0 saturated carbocycles. The number of nitrogens with zero attached hydrogens (tertiary/aromatic N) is 1. The predicted octanol–water partition coefficient (Wildman–Crippen LogP) is 12.2. The largest absolute Gasteiger partial charge is 0.294 e. The molecular formula is C43H46N2. The topological polar surface area (TPSA) is 30.4 Å². The molecule has 0 spiro atoms. The van der Waals surface area contributed by atoms with Crippen LogP contribution in [0.5, 0.6) is 0 Å². The van der Waals surface area contributed by atoms with Gasteiger partial charge in [-0.05, 0) is 78.7 Å². The summed E-state index contributed by atoms with van der Waals surface area (Å²) in [6.07, 6.45) is 10.5. The molecule has 2 heteroatoms. The maximum Gasteiger partial charge on any atom is 0.294 e. The molecular weight excluding hydrogens is 544 g/mol. The van der Waals surface area contributed by atoms with E-state index >= 15 is 0 Å². The summed E-state index contributed by atoms with van der Waals surface area (Å²) in [5.41, 5.74) is 8.76. The van der Waals surface area contributed by atoms with Crippen LogP contribution < -0.4 is 5.73 Å². The average Bonchev–Trinajstić information content (AvgIpc) is 3.06. The standard InChI is InChI=1S/C43H46N2/c1-31(2)19-9-7-5-4-6-8-18-28-43(44,45-3)42(40-36-24-14-10-20-32(36)29-33-21-11-15-25-37(33)40)41-38-26-16-12-22-34(38)30-35-23-13-17-27-39(35)41/h10-17,20-27,29-31,42H,4-9,18-19,28,44H2,1-2H3. The van der Waals surface area contributed by atoms with Crippen LogP contribution in [0.4, 0.5) is 0 Å². The fourth-order valence-electron chi connectivity index (χ4n) is 7.47. The van der Waals surface area contributed by atoms with E-state index in [1.54, 1.807) is 0 Å². The van der Waals surface area contributed by atoms with Gasteiger partial charge in [0.2, 0.25) is 0 Å². The third-order valence-corrected chi connectivity index (χ3v) is 9.77. The van der Waals surface area contributed by atoms with E-state index in [2.05, 4.69) is 128 Å². The molecule has 228 valence electrons. The number of hydrogen-bond acceptors (Lipinski definition) is 1. The van der Waals surface area contributed by atoms with Gasteiger partial charge in [0, 0.05) is 6.42 Å². The molecule has 2 nitrogen and oxygen atoms in total. The Morgan fingerprint density at radius 1 is 0.556 bits per heavy atom. The molecule has 2 N–H and O–H groups in total. The molecule has 0 aromatic heterocycles. The number of unbranched alkanes of at least 4 members (excludes halogenated alkanes) is 6. The van der Waals surface area contributed by atoms with E-state index in [-0.39, 0.29) is 5.92 Å². The molecule has 0 bridgehead atoms. The minimum Gasteiger partial charge on any atom is -0.292 e. The van der Waals surface area contributed by atoms with Gasteiger partial charge in [-0.25, -0.2) is 6.57 Å². The molecule has 0 saturated heterocycles. The molecule has 6 aromatic rings. The fraction of sp³-hybridized carbons (Fsp3) is 0.326. The molecule has 1 unspecified atom stereocenters. The second-order valence-corrected chi connectivity index (χ2v) is 13.4. The summed E-state index contributed by atoms with van der Waals surface area (Å²) in [5, 5.41) is 9.46. The number of rotatable bonds is 13. The molecule has 0 radical (unpaired) electrons. The first-order valence-electron chi connectivity index (χ1n) is 17.0. The second kappa shape index (κ2) is 13.8. The Hall–Kier alpha value is -4.19. The van der Waals surface area contributed by atoms with E-state index in [9.17, 15) is 0 Å². The minimum atomic E-state index is -1.11. The first kappa shape index (κ1) is 30.8. The lowest BCUT2D eigenvalue weighted by Gasteiger charge is -2.32. The van der Waals surface area contributed by atoms with Crippen LogP contribution in [0.2, 0.25) is 0 Å². The summed E-state index contributed by atoms with van der Waals surface area (Å²) in [5.74, 6) is 0.472. The van der Waals surface area contributed by atoms with Crippen molar-refractivity contribution in [2.45, 2.75) is 83.2 Å². The minimum absolute atomic E-state index is 0.321. The zero-order chi connectivity index (χ0) is 31.2. The highest BCUT2D eigenvalue weighted by Crippen LogP contribution is 2.48. The highest BCUT2D eigenvalue weighted by Gasteiger charge is 2.46. The summed E-state index contributed by atoms with van der Waals surface area (Å²) in [7, 11) is 0. The van der Waals surface area contributed by atoms with Crippen molar-refractivity contribution in [1.29, 1.82) is 0 Å². The van der Waals surface area contributed by atoms with Crippen molar-refractivity contribution in [2.75, 3.05) is 0 Å². The number of nitrogens with two attached hydrogens (primary N) is 1. The van der Waals surface area contributed by atoms with Crippen LogP contribution in [0.15, 0.2) is 109 Å². The molecule has 6 aromatic carbocycles. The van der Waals surface area contributed by atoms with Crippen molar-refractivity contribution in [1.82, 2.24) is 0 Å². The average molecular weight is 591 g/mol. The van der Waals surface area contributed by atoms with Gasteiger partial charge in [-0.3, -0.25) is 10.6 Å². The molecule has 0 aliphatic rings. The summed E-state index contributed by atoms with van der Waals surface area (Å²) in [6.45, 7) is 13.4. The van der Waals surface area contributed by atoms with Crippen LogP contribution >= 0.6 is 0 Å². The van der Waals surface area contributed by atoms with Gasteiger partial charge < -0.3 is 0 Å². The highest BCUT2D eigenvalue weighted by atomic mass is 15.0. The van der Waals surface area contributed by atoms with Crippen LogP contribution in [0, 0.1) is 12.5 Å². The van der Waals surface area contributed by atoms with Crippen LogP contribution in [0.3, 0.4) is 0 Å². The normalized spacial score (nSPS) is 13.2. The maximum atomic E-state index is 8.75. The van der Waals surface area contributed by atoms with E-state index in [0.717, 1.165) is 18.8 Å². The lowest BCUT2D eigenvalue weighted by atomic mass is 9.72. The quantitative estimate of drug-likeness (QED) is 0.0809. The van der Waals surface area contributed by atoms with E-state index in [4.69, 9.17) is 12.3 Å². The summed E-state index contributed by atoms with van der Waals surface area (Å²) >= 11 is 0. The Morgan fingerprint density at radius 3 is 1.29 bits per heavy atom. The molecule has 0 heterocycles. The Labute approximate surface area is 269 Å². The molecule has 6 rings (SSSR count). The SMILES string of the molecule is [C-]#[N+]C(N)(CCCCCCCCCC(C)C)C(c1c2ccccc2cc2ccccc12)c1c2ccccc2cc2ccccc12. The molecule has 1 atom stereocenters. The molecule has 0 fully saturated rings. The Morgan fingerprint density at radius 2 is 0.911 bits per heavy atom. The van der Waals surface area contributed by atoms with Crippen molar-refractivity contribution in [3.63, 3.8) is 0 Å². The van der Waals surface area contributed by atoms with Crippen molar-refractivity contribution in [3.8, 4) is 0 Å². The van der Waals surface area contributed by atoms with Crippen molar-refractivity contribution in [2.24, 2.45) is 11.7 Å². The van der Waals surface area contributed by atoms with Gasteiger partial charge in [-0.15, -0.1) is 0 Å². The van der Waals surface area contributed by atoms with Crippen molar-refractivity contribution in [3.05, 3.63) is 132 Å². The van der Waals surface area contributed by atoms with Crippen LogP contribution in [-0.2, 0) is 0 Å². The van der Waals surface area contributed by atoms with Crippen molar-refractivity contribution < 1.29 is 0 Å². The van der Waals surface area contributed by atoms with Crippen LogP contribution in [0.1, 0.15) is 88.7 Å². The van der Waals surface area contributed by atoms with E-state index in [1.165, 1.54) is 92.7 Å². The number of fused-ring (bicyclic) bond motifs is 4. The van der Waals surface area contributed by atoms with Gasteiger partial charge in [0.25, 0.3) is 5.66 Å². The Bertz CT molecular complexity index is 1740. The Kier molecular flexibility index (Phi) is 9.48. The molecule has 0 aliphatic heterocycles. The smallest absolute Gasteiger partial charge is 0.292 e. The van der Waals surface area contributed by atoms with Gasteiger partial charge in [-0.2, -0.15) is 0 Å². The van der Waals surface area contributed by atoms with Crippen LogP contribution in [0.25, 0.3) is 47.9 Å². The van der Waals surface area contributed by atoms with E-state index in [1.807, 2.05) is 0 Å². The molecule has 0 aliphatic carbocycles. The molecule has 45 heavy (non-hydrogen) atoms. The van der Waals surface area contributed by atoms with Gasteiger partial charge in [0.1, 0.15) is 5.92 Å². The Balaban J connectivity index is 1.48. The number of benzene rings is 6. The van der Waals surface area contributed by atoms with Crippen molar-refractivity contribution >= 4 is 43.1 Å². The fourth-order valence-corrected chi connectivity index (χ4v) is 7.47. The zero-order valence-corrected chi connectivity index (χ0v) is 26.9. The lowest BCUT2D eigenvalue weighted by Crippen LogP contribution is -2.43. The summed E-state index contributed by atoms with van der Waals surface area (Å²) < 4.78 is 0. The molecule has 0 amide bonds. The third-order valence-electron chi connectivity index (χ3n) is 9.77.